The van der Waals surface area contributed by atoms with E-state index in [4.69, 9.17) is 19.3 Å². The van der Waals surface area contributed by atoms with E-state index >= 15 is 0 Å². The maximum atomic E-state index is 5.50. The molecule has 0 spiro atoms. The van der Waals surface area contributed by atoms with Crippen molar-refractivity contribution in [1.82, 2.24) is 4.68 Å². The van der Waals surface area contributed by atoms with Crippen molar-refractivity contribution >= 4 is 28.9 Å². The van der Waals surface area contributed by atoms with Gasteiger partial charge in [0.15, 0.2) is 11.5 Å². The van der Waals surface area contributed by atoms with Crippen molar-refractivity contribution in [3.05, 3.63) is 44.2 Å². The molecule has 0 fully saturated rings. The van der Waals surface area contributed by atoms with Crippen molar-refractivity contribution in [2.75, 3.05) is 27.9 Å². The Morgan fingerprint density at radius 3 is 2.32 bits per heavy atom. The molecule has 0 atom stereocenters. The normalized spacial score (nSPS) is 12.0. The highest BCUT2D eigenvalue weighted by Crippen LogP contribution is 2.41. The number of aromatic nitrogens is 1. The third-order valence-electron chi connectivity index (χ3n) is 4.13. The van der Waals surface area contributed by atoms with E-state index in [1.165, 1.54) is 5.56 Å². The van der Waals surface area contributed by atoms with E-state index in [1.807, 2.05) is 35.3 Å². The maximum absolute atomic E-state index is 5.50. The van der Waals surface area contributed by atoms with Gasteiger partial charge in [0.2, 0.25) is 10.6 Å². The molecule has 0 bridgehead atoms. The Bertz CT molecular complexity index is 1020. The first-order chi connectivity index (χ1) is 13.6. The SMILES string of the molecule is CCN=c1scc(-c2cc(OC)c(OC)c(OC)c2)n1N=Cc1sccc1C. The zero-order valence-electron chi connectivity index (χ0n) is 16.6. The largest absolute Gasteiger partial charge is 0.493 e. The van der Waals surface area contributed by atoms with Gasteiger partial charge in [0.25, 0.3) is 0 Å². The molecule has 0 radical (unpaired) electrons. The van der Waals surface area contributed by atoms with Crippen molar-refractivity contribution in [2.24, 2.45) is 10.1 Å². The van der Waals surface area contributed by atoms with Gasteiger partial charge in [-0.25, -0.2) is 4.68 Å². The summed E-state index contributed by atoms with van der Waals surface area (Å²) >= 11 is 3.21. The number of hydrogen-bond acceptors (Lipinski definition) is 7. The second-order valence-electron chi connectivity index (χ2n) is 5.82. The number of thiophene rings is 1. The zero-order chi connectivity index (χ0) is 20.1. The second-order valence-corrected chi connectivity index (χ2v) is 7.60. The van der Waals surface area contributed by atoms with Crippen LogP contribution in [0, 0.1) is 6.92 Å². The molecule has 2 heterocycles. The first-order valence-electron chi connectivity index (χ1n) is 8.72. The molecule has 0 saturated heterocycles. The average molecular weight is 418 g/mol. The van der Waals surface area contributed by atoms with Crippen LogP contribution < -0.4 is 19.0 Å². The third kappa shape index (κ3) is 3.98. The molecule has 1 aromatic carbocycles. The highest BCUT2D eigenvalue weighted by atomic mass is 32.1. The van der Waals surface area contributed by atoms with E-state index in [1.54, 1.807) is 44.0 Å². The van der Waals surface area contributed by atoms with Gasteiger partial charge in [-0.05, 0) is 43.0 Å². The van der Waals surface area contributed by atoms with Crippen molar-refractivity contribution in [2.45, 2.75) is 13.8 Å². The summed E-state index contributed by atoms with van der Waals surface area (Å²) in [7, 11) is 4.81. The molecule has 0 aliphatic carbocycles. The van der Waals surface area contributed by atoms with Gasteiger partial charge in [-0.2, -0.15) is 5.10 Å². The molecular weight excluding hydrogens is 394 g/mol. The quantitative estimate of drug-likeness (QED) is 0.535. The minimum Gasteiger partial charge on any atom is -0.493 e. The lowest BCUT2D eigenvalue weighted by Crippen LogP contribution is -2.12. The van der Waals surface area contributed by atoms with Crippen LogP contribution in [0.1, 0.15) is 17.4 Å². The summed E-state index contributed by atoms with van der Waals surface area (Å²) in [5.74, 6) is 1.76. The van der Waals surface area contributed by atoms with Crippen molar-refractivity contribution in [1.29, 1.82) is 0 Å². The lowest BCUT2D eigenvalue weighted by molar-refractivity contribution is 0.324. The predicted molar refractivity (Wildman–Crippen MR) is 116 cm³/mol. The first-order valence-corrected chi connectivity index (χ1v) is 10.5. The molecule has 28 heavy (non-hydrogen) atoms. The fourth-order valence-electron chi connectivity index (χ4n) is 2.71. The summed E-state index contributed by atoms with van der Waals surface area (Å²) in [4.78, 5) is 6.53. The minimum atomic E-state index is 0.562. The summed E-state index contributed by atoms with van der Waals surface area (Å²) in [6.07, 6.45) is 1.88. The Kier molecular flexibility index (Phi) is 6.53. The second kappa shape index (κ2) is 9.07. The zero-order valence-corrected chi connectivity index (χ0v) is 18.2. The molecule has 2 aromatic heterocycles. The smallest absolute Gasteiger partial charge is 0.206 e. The van der Waals surface area contributed by atoms with Crippen LogP contribution in [-0.4, -0.2) is 38.8 Å². The molecule has 0 amide bonds. The number of ether oxygens (including phenoxy) is 3. The number of thiazole rings is 1. The topological polar surface area (TPSA) is 57.3 Å². The Morgan fingerprint density at radius 2 is 1.79 bits per heavy atom. The van der Waals surface area contributed by atoms with Crippen LogP contribution in [-0.2, 0) is 0 Å². The Morgan fingerprint density at radius 1 is 1.07 bits per heavy atom. The van der Waals surface area contributed by atoms with Gasteiger partial charge in [-0.1, -0.05) is 0 Å². The average Bonchev–Trinajstić information content (AvgIpc) is 3.31. The molecule has 0 unspecified atom stereocenters. The number of methoxy groups -OCH3 is 3. The van der Waals surface area contributed by atoms with E-state index in [2.05, 4.69) is 23.4 Å². The number of aryl methyl sites for hydroxylation is 1. The summed E-state index contributed by atoms with van der Waals surface area (Å²) in [6.45, 7) is 4.77. The van der Waals surface area contributed by atoms with Crippen LogP contribution >= 0.6 is 22.7 Å². The third-order valence-corrected chi connectivity index (χ3v) is 5.94. The highest BCUT2D eigenvalue weighted by Gasteiger charge is 2.17. The van der Waals surface area contributed by atoms with E-state index in [0.717, 1.165) is 20.9 Å². The molecule has 3 rings (SSSR count). The van der Waals surface area contributed by atoms with Crippen molar-refractivity contribution < 1.29 is 14.2 Å². The molecule has 0 N–H and O–H groups in total. The molecule has 0 aliphatic rings. The molecule has 6 nitrogen and oxygen atoms in total. The molecule has 8 heteroatoms. The molecule has 3 aromatic rings. The van der Waals surface area contributed by atoms with E-state index in [0.29, 0.717) is 23.8 Å². The summed E-state index contributed by atoms with van der Waals surface area (Å²) in [5, 5.41) is 8.82. The van der Waals surface area contributed by atoms with Crippen LogP contribution in [0.2, 0.25) is 0 Å². The summed E-state index contributed by atoms with van der Waals surface area (Å²) in [5.41, 5.74) is 3.01. The molecule has 148 valence electrons. The Balaban J connectivity index is 2.16. The van der Waals surface area contributed by atoms with Gasteiger partial charge in [0.05, 0.1) is 38.1 Å². The first kappa shape index (κ1) is 20.2. The van der Waals surface area contributed by atoms with Gasteiger partial charge in [-0.3, -0.25) is 4.99 Å². The number of hydrogen-bond donors (Lipinski definition) is 0. The number of benzene rings is 1. The van der Waals surface area contributed by atoms with Gasteiger partial charge in [0.1, 0.15) is 0 Å². The number of nitrogens with zero attached hydrogens (tertiary/aromatic N) is 3. The Labute approximate surface area is 172 Å². The van der Waals surface area contributed by atoms with Crippen LogP contribution in [0.25, 0.3) is 11.3 Å². The van der Waals surface area contributed by atoms with E-state index in [9.17, 15) is 0 Å². The molecular formula is C20H23N3O3S2. The Hall–Kier alpha value is -2.58. The van der Waals surface area contributed by atoms with Crippen LogP contribution in [0.15, 0.2) is 39.1 Å². The molecule has 0 saturated carbocycles. The lowest BCUT2D eigenvalue weighted by Gasteiger charge is -2.14. The van der Waals surface area contributed by atoms with Gasteiger partial charge < -0.3 is 14.2 Å². The lowest BCUT2D eigenvalue weighted by atomic mass is 10.1. The van der Waals surface area contributed by atoms with Crippen LogP contribution in [0.3, 0.4) is 0 Å². The van der Waals surface area contributed by atoms with Crippen molar-refractivity contribution in [3.8, 4) is 28.5 Å². The minimum absolute atomic E-state index is 0.562. The predicted octanol–water partition coefficient (Wildman–Crippen LogP) is 4.42. The van der Waals surface area contributed by atoms with Crippen LogP contribution in [0.5, 0.6) is 17.2 Å². The van der Waals surface area contributed by atoms with Gasteiger partial charge in [0, 0.05) is 17.5 Å². The van der Waals surface area contributed by atoms with Gasteiger partial charge >= 0.3 is 0 Å². The maximum Gasteiger partial charge on any atom is 0.206 e. The van der Waals surface area contributed by atoms with Crippen LogP contribution in [0.4, 0.5) is 0 Å². The summed E-state index contributed by atoms with van der Waals surface area (Å²) in [6, 6.07) is 5.92. The summed E-state index contributed by atoms with van der Waals surface area (Å²) < 4.78 is 18.3. The van der Waals surface area contributed by atoms with E-state index < -0.39 is 0 Å². The van der Waals surface area contributed by atoms with Gasteiger partial charge in [-0.15, -0.1) is 22.7 Å². The standard InChI is InChI=1S/C20H23N3O3S2/c1-6-21-20-23(22-11-18-13(2)7-8-27-18)15(12-28-20)14-9-16(24-3)19(26-5)17(10-14)25-4/h7-12H,6H2,1-5H3. The number of rotatable bonds is 7. The van der Waals surface area contributed by atoms with Crippen molar-refractivity contribution in [3.63, 3.8) is 0 Å². The molecule has 0 aliphatic heterocycles. The fourth-order valence-corrected chi connectivity index (χ4v) is 4.39. The fraction of sp³-hybridized carbons (Fsp3) is 0.300. The highest BCUT2D eigenvalue weighted by molar-refractivity contribution is 7.11. The monoisotopic (exact) mass is 417 g/mol. The van der Waals surface area contributed by atoms with E-state index in [-0.39, 0.29) is 0 Å².